The number of alkyl halides is 2. The molecule has 0 aliphatic carbocycles. The molecule has 1 atom stereocenters. The second kappa shape index (κ2) is 7.65. The van der Waals surface area contributed by atoms with Gasteiger partial charge in [0.15, 0.2) is 0 Å². The molecule has 0 radical (unpaired) electrons. The first-order valence-electron chi connectivity index (χ1n) is 5.61. The van der Waals surface area contributed by atoms with Crippen molar-refractivity contribution in [2.75, 3.05) is 13.7 Å². The Labute approximate surface area is 109 Å². The van der Waals surface area contributed by atoms with E-state index in [0.29, 0.717) is 5.56 Å². The zero-order chi connectivity index (χ0) is 14.3. The van der Waals surface area contributed by atoms with E-state index in [1.807, 2.05) is 0 Å². The van der Waals surface area contributed by atoms with Gasteiger partial charge in [0.2, 0.25) is 0 Å². The van der Waals surface area contributed by atoms with Crippen LogP contribution in [0.1, 0.15) is 5.56 Å². The fourth-order valence-corrected chi connectivity index (χ4v) is 1.47. The number of carbonyl (C=O) groups excluding carboxylic acids is 1. The first kappa shape index (κ1) is 15.3. The van der Waals surface area contributed by atoms with Crippen LogP contribution in [0.5, 0.6) is 5.75 Å². The molecule has 0 saturated carbocycles. The van der Waals surface area contributed by atoms with E-state index in [1.165, 1.54) is 13.2 Å². The molecule has 1 unspecified atom stereocenters. The van der Waals surface area contributed by atoms with Gasteiger partial charge in [-0.3, -0.25) is 4.79 Å². The van der Waals surface area contributed by atoms with Gasteiger partial charge in [-0.2, -0.15) is 8.78 Å². The number of rotatable bonds is 7. The summed E-state index contributed by atoms with van der Waals surface area (Å²) in [5, 5.41) is 2.55. The molecule has 0 bridgehead atoms. The number of amides is 1. The third-order valence-corrected chi connectivity index (χ3v) is 2.43. The van der Waals surface area contributed by atoms with Crippen LogP contribution < -0.4 is 15.8 Å². The maximum absolute atomic E-state index is 12.2. The van der Waals surface area contributed by atoms with Crippen LogP contribution in [0.25, 0.3) is 0 Å². The van der Waals surface area contributed by atoms with Crippen molar-refractivity contribution < 1.29 is 23.0 Å². The Morgan fingerprint density at radius 2 is 2.11 bits per heavy atom. The van der Waals surface area contributed by atoms with E-state index in [1.54, 1.807) is 18.2 Å². The zero-order valence-corrected chi connectivity index (χ0v) is 10.4. The number of hydrogen-bond donors (Lipinski definition) is 2. The molecule has 0 spiro atoms. The lowest BCUT2D eigenvalue weighted by Crippen LogP contribution is -2.40. The van der Waals surface area contributed by atoms with E-state index in [9.17, 15) is 13.6 Å². The molecule has 0 saturated heterocycles. The molecule has 0 aliphatic heterocycles. The molecular formula is C12H16F2N2O3. The molecule has 5 nitrogen and oxygen atoms in total. The Morgan fingerprint density at radius 3 is 2.68 bits per heavy atom. The number of hydrogen-bond acceptors (Lipinski definition) is 4. The van der Waals surface area contributed by atoms with Gasteiger partial charge < -0.3 is 20.5 Å². The molecule has 1 aromatic carbocycles. The third-order valence-electron chi connectivity index (χ3n) is 2.43. The van der Waals surface area contributed by atoms with Gasteiger partial charge in [0.1, 0.15) is 11.9 Å². The number of benzene rings is 1. The van der Waals surface area contributed by atoms with E-state index in [-0.39, 0.29) is 18.8 Å². The molecule has 106 valence electrons. The molecule has 0 fully saturated rings. The summed E-state index contributed by atoms with van der Waals surface area (Å²) in [6, 6.07) is 6.23. The first-order valence-corrected chi connectivity index (χ1v) is 5.61. The van der Waals surface area contributed by atoms with Crippen molar-refractivity contribution in [1.29, 1.82) is 0 Å². The van der Waals surface area contributed by atoms with Crippen LogP contribution in [0.15, 0.2) is 24.3 Å². The third kappa shape index (κ3) is 4.80. The average Bonchev–Trinajstić information content (AvgIpc) is 2.38. The number of ether oxygens (including phenoxy) is 2. The second-order valence-corrected chi connectivity index (χ2v) is 3.66. The Morgan fingerprint density at radius 1 is 1.42 bits per heavy atom. The van der Waals surface area contributed by atoms with Gasteiger partial charge in [0.05, 0.1) is 0 Å². The van der Waals surface area contributed by atoms with Gasteiger partial charge in [-0.25, -0.2) is 0 Å². The van der Waals surface area contributed by atoms with E-state index >= 15 is 0 Å². The van der Waals surface area contributed by atoms with Crippen molar-refractivity contribution in [2.24, 2.45) is 5.73 Å². The monoisotopic (exact) mass is 274 g/mol. The van der Waals surface area contributed by atoms with Gasteiger partial charge in [0, 0.05) is 25.8 Å². The molecule has 1 amide bonds. The predicted molar refractivity (Wildman–Crippen MR) is 64.8 cm³/mol. The normalized spacial score (nSPS) is 12.3. The van der Waals surface area contributed by atoms with Crippen molar-refractivity contribution in [3.05, 3.63) is 29.8 Å². The Kier molecular flexibility index (Phi) is 6.17. The molecule has 3 N–H and O–H groups in total. The van der Waals surface area contributed by atoms with Crippen molar-refractivity contribution in [3.63, 3.8) is 0 Å². The first-order chi connectivity index (χ1) is 9.08. The summed E-state index contributed by atoms with van der Waals surface area (Å²) in [4.78, 5) is 11.6. The summed E-state index contributed by atoms with van der Waals surface area (Å²) in [6.45, 7) is -2.81. The Balaban J connectivity index is 2.64. The number of para-hydroxylation sites is 1. The number of halogens is 2. The fraction of sp³-hybridized carbons (Fsp3) is 0.417. The Bertz CT molecular complexity index is 412. The van der Waals surface area contributed by atoms with E-state index in [4.69, 9.17) is 10.5 Å². The maximum Gasteiger partial charge on any atom is 0.387 e. The van der Waals surface area contributed by atoms with E-state index in [2.05, 4.69) is 10.1 Å². The molecule has 1 aromatic rings. The van der Waals surface area contributed by atoms with Crippen molar-refractivity contribution in [1.82, 2.24) is 5.32 Å². The van der Waals surface area contributed by atoms with Crippen molar-refractivity contribution in [3.8, 4) is 5.75 Å². The summed E-state index contributed by atoms with van der Waals surface area (Å²) >= 11 is 0. The van der Waals surface area contributed by atoms with E-state index in [0.717, 1.165) is 0 Å². The fourth-order valence-electron chi connectivity index (χ4n) is 1.47. The minimum atomic E-state index is -2.91. The van der Waals surface area contributed by atoms with Gasteiger partial charge in [-0.1, -0.05) is 18.2 Å². The topological polar surface area (TPSA) is 73.6 Å². The molecule has 0 aromatic heterocycles. The number of carbonyl (C=O) groups is 1. The summed E-state index contributed by atoms with van der Waals surface area (Å²) in [6.07, 6.45) is -0.761. The highest BCUT2D eigenvalue weighted by molar-refractivity contribution is 5.81. The number of nitrogens with two attached hydrogens (primary N) is 1. The van der Waals surface area contributed by atoms with Crippen LogP contribution >= 0.6 is 0 Å². The lowest BCUT2D eigenvalue weighted by molar-refractivity contribution is -0.130. The number of methoxy groups -OCH3 is 1. The molecular weight excluding hydrogens is 258 g/mol. The SMILES string of the molecule is COC(CN)C(=O)NCc1ccccc1OC(F)F. The summed E-state index contributed by atoms with van der Waals surface area (Å²) in [5.41, 5.74) is 5.79. The molecule has 1 rings (SSSR count). The quantitative estimate of drug-likeness (QED) is 0.774. The minimum Gasteiger partial charge on any atom is -0.434 e. The summed E-state index contributed by atoms with van der Waals surface area (Å²) < 4.78 is 33.6. The van der Waals surface area contributed by atoms with Crippen LogP contribution in [-0.2, 0) is 16.1 Å². The number of nitrogens with one attached hydrogen (secondary N) is 1. The minimum absolute atomic E-state index is 0.0273. The summed E-state index contributed by atoms with van der Waals surface area (Å²) in [5.74, 6) is -0.378. The average molecular weight is 274 g/mol. The zero-order valence-electron chi connectivity index (χ0n) is 10.4. The highest BCUT2D eigenvalue weighted by atomic mass is 19.3. The van der Waals surface area contributed by atoms with Gasteiger partial charge in [-0.15, -0.1) is 0 Å². The van der Waals surface area contributed by atoms with Crippen LogP contribution in [0, 0.1) is 0 Å². The van der Waals surface area contributed by atoms with E-state index < -0.39 is 18.6 Å². The smallest absolute Gasteiger partial charge is 0.387 e. The van der Waals surface area contributed by atoms with Crippen LogP contribution in [-0.4, -0.2) is 32.3 Å². The van der Waals surface area contributed by atoms with Crippen molar-refractivity contribution >= 4 is 5.91 Å². The maximum atomic E-state index is 12.2. The van der Waals surface area contributed by atoms with Crippen LogP contribution in [0.3, 0.4) is 0 Å². The molecule has 0 aliphatic rings. The van der Waals surface area contributed by atoms with Gasteiger partial charge >= 0.3 is 6.61 Å². The largest absolute Gasteiger partial charge is 0.434 e. The summed E-state index contributed by atoms with van der Waals surface area (Å²) in [7, 11) is 1.37. The second-order valence-electron chi connectivity index (χ2n) is 3.66. The van der Waals surface area contributed by atoms with Crippen molar-refractivity contribution in [2.45, 2.75) is 19.3 Å². The van der Waals surface area contributed by atoms with Gasteiger partial charge in [0.25, 0.3) is 5.91 Å². The molecule has 7 heteroatoms. The molecule has 19 heavy (non-hydrogen) atoms. The molecule has 0 heterocycles. The highest BCUT2D eigenvalue weighted by Gasteiger charge is 2.16. The van der Waals surface area contributed by atoms with Crippen LogP contribution in [0.4, 0.5) is 8.78 Å². The standard InChI is InChI=1S/C12H16F2N2O3/c1-18-10(6-15)11(17)16-7-8-4-2-3-5-9(8)19-12(13)14/h2-5,10,12H,6-7,15H2,1H3,(H,16,17). The van der Waals surface area contributed by atoms with Crippen LogP contribution in [0.2, 0.25) is 0 Å². The Hall–Kier alpha value is -1.73. The highest BCUT2D eigenvalue weighted by Crippen LogP contribution is 2.19. The lowest BCUT2D eigenvalue weighted by Gasteiger charge is -2.14. The lowest BCUT2D eigenvalue weighted by atomic mass is 10.2. The van der Waals surface area contributed by atoms with Gasteiger partial charge in [-0.05, 0) is 6.07 Å². The predicted octanol–water partition coefficient (Wildman–Crippen LogP) is 0.878.